The molecule has 0 aliphatic carbocycles. The molecule has 5 heteroatoms. The first-order chi connectivity index (χ1) is 12.8. The van der Waals surface area contributed by atoms with Crippen molar-refractivity contribution in [3.05, 3.63) is 87.2 Å². The highest BCUT2D eigenvalue weighted by Gasteiger charge is 2.08. The molecule has 0 atom stereocenters. The molecular formula is C21H18N2S3. The lowest BCUT2D eigenvalue weighted by Gasteiger charge is -1.99. The molecule has 0 N–H and O–H groups in total. The molecule has 2 nitrogen and oxygen atoms in total. The van der Waals surface area contributed by atoms with Crippen molar-refractivity contribution in [1.29, 1.82) is 0 Å². The number of aryl methyl sites for hydroxylation is 1. The Kier molecular flexibility index (Phi) is 5.48. The summed E-state index contributed by atoms with van der Waals surface area (Å²) in [7, 11) is 0. The van der Waals surface area contributed by atoms with Crippen molar-refractivity contribution in [2.24, 2.45) is 0 Å². The van der Waals surface area contributed by atoms with E-state index in [9.17, 15) is 0 Å². The van der Waals surface area contributed by atoms with Gasteiger partial charge in [0.25, 0.3) is 0 Å². The van der Waals surface area contributed by atoms with Crippen LogP contribution in [0.5, 0.6) is 0 Å². The number of aromatic nitrogens is 2. The maximum absolute atomic E-state index is 4.78. The summed E-state index contributed by atoms with van der Waals surface area (Å²) in [6, 6.07) is 19.0. The summed E-state index contributed by atoms with van der Waals surface area (Å²) in [6.45, 7) is 2.12. The molecule has 4 rings (SSSR count). The average molecular weight is 395 g/mol. The van der Waals surface area contributed by atoms with Gasteiger partial charge in [0.1, 0.15) is 0 Å². The molecule has 0 aliphatic rings. The van der Waals surface area contributed by atoms with Crippen LogP contribution in [0, 0.1) is 6.92 Å². The van der Waals surface area contributed by atoms with E-state index in [4.69, 9.17) is 9.97 Å². The number of thiazole rings is 2. The fourth-order valence-electron chi connectivity index (χ4n) is 2.58. The number of nitrogens with zero attached hydrogens (tertiary/aromatic N) is 2. The van der Waals surface area contributed by atoms with Gasteiger partial charge >= 0.3 is 0 Å². The Morgan fingerprint density at radius 1 is 0.885 bits per heavy atom. The molecule has 0 saturated heterocycles. The Morgan fingerprint density at radius 2 is 1.69 bits per heavy atom. The van der Waals surface area contributed by atoms with Crippen LogP contribution >= 0.6 is 34.4 Å². The summed E-state index contributed by atoms with van der Waals surface area (Å²) < 4.78 is 1.09. The minimum absolute atomic E-state index is 0.867. The van der Waals surface area contributed by atoms with E-state index < -0.39 is 0 Å². The largest absolute Gasteiger partial charge is 0.245 e. The van der Waals surface area contributed by atoms with E-state index in [-0.39, 0.29) is 0 Å². The molecule has 0 amide bonds. The van der Waals surface area contributed by atoms with Crippen LogP contribution < -0.4 is 0 Å². The Labute approximate surface area is 166 Å². The second kappa shape index (κ2) is 8.16. The summed E-state index contributed by atoms with van der Waals surface area (Å²) in [6.07, 6.45) is 0.908. The molecule has 2 aromatic carbocycles. The summed E-state index contributed by atoms with van der Waals surface area (Å²) in [4.78, 5) is 9.52. The minimum atomic E-state index is 0.867. The second-order valence-corrected chi connectivity index (χ2v) is 9.07. The van der Waals surface area contributed by atoms with Crippen molar-refractivity contribution < 1.29 is 0 Å². The molecule has 0 radical (unpaired) electrons. The normalized spacial score (nSPS) is 11.0. The van der Waals surface area contributed by atoms with E-state index in [1.165, 1.54) is 21.7 Å². The summed E-state index contributed by atoms with van der Waals surface area (Å²) in [5.41, 5.74) is 5.97. The fraction of sp³-hybridized carbons (Fsp3) is 0.143. The Balaban J connectivity index is 1.36. The molecule has 0 fully saturated rings. The van der Waals surface area contributed by atoms with Gasteiger partial charge in [0.2, 0.25) is 0 Å². The molecule has 0 aliphatic heterocycles. The standard InChI is InChI=1S/C21H18N2S3/c1-15-7-9-16(10-8-15)11-20-22-18(12-24-20)13-25-21-23-19(14-26-21)17-5-3-2-4-6-17/h2-10,12,14H,11,13H2,1H3. The summed E-state index contributed by atoms with van der Waals surface area (Å²) in [5, 5.41) is 5.47. The van der Waals surface area contributed by atoms with Gasteiger partial charge in [0, 0.05) is 28.5 Å². The van der Waals surface area contributed by atoms with Crippen molar-refractivity contribution in [3.8, 4) is 11.3 Å². The van der Waals surface area contributed by atoms with Crippen molar-refractivity contribution >= 4 is 34.4 Å². The minimum Gasteiger partial charge on any atom is -0.245 e. The van der Waals surface area contributed by atoms with E-state index in [0.717, 1.165) is 27.9 Å². The third-order valence-electron chi connectivity index (χ3n) is 3.97. The fourth-order valence-corrected chi connectivity index (χ4v) is 5.24. The Morgan fingerprint density at radius 3 is 2.50 bits per heavy atom. The van der Waals surface area contributed by atoms with E-state index in [1.807, 2.05) is 18.2 Å². The number of hydrogen-bond donors (Lipinski definition) is 0. The maximum Gasteiger partial charge on any atom is 0.150 e. The van der Waals surface area contributed by atoms with E-state index in [2.05, 4.69) is 54.1 Å². The van der Waals surface area contributed by atoms with E-state index in [0.29, 0.717) is 0 Å². The lowest BCUT2D eigenvalue weighted by molar-refractivity contribution is 1.09. The van der Waals surface area contributed by atoms with Crippen LogP contribution in [0.3, 0.4) is 0 Å². The van der Waals surface area contributed by atoms with Gasteiger partial charge in [-0.2, -0.15) is 0 Å². The van der Waals surface area contributed by atoms with E-state index in [1.54, 1.807) is 34.4 Å². The molecule has 0 saturated carbocycles. The zero-order valence-electron chi connectivity index (χ0n) is 14.4. The zero-order chi connectivity index (χ0) is 17.8. The monoisotopic (exact) mass is 394 g/mol. The molecule has 0 unspecified atom stereocenters. The summed E-state index contributed by atoms with van der Waals surface area (Å²) >= 11 is 5.21. The number of thioether (sulfide) groups is 1. The van der Waals surface area contributed by atoms with Crippen molar-refractivity contribution in [2.75, 3.05) is 0 Å². The maximum atomic E-state index is 4.78. The molecule has 2 heterocycles. The SMILES string of the molecule is Cc1ccc(Cc2nc(CSc3nc(-c4ccccc4)cs3)cs2)cc1. The highest BCUT2D eigenvalue weighted by atomic mass is 32.2. The summed E-state index contributed by atoms with van der Waals surface area (Å²) in [5.74, 6) is 0.867. The van der Waals surface area contributed by atoms with Crippen LogP contribution in [0.1, 0.15) is 21.8 Å². The first kappa shape index (κ1) is 17.5. The first-order valence-electron chi connectivity index (χ1n) is 8.39. The topological polar surface area (TPSA) is 25.8 Å². The molecule has 0 spiro atoms. The predicted octanol–water partition coefficient (Wildman–Crippen LogP) is 6.46. The molecule has 2 aromatic heterocycles. The van der Waals surface area contributed by atoms with Gasteiger partial charge in [-0.05, 0) is 12.5 Å². The highest BCUT2D eigenvalue weighted by molar-refractivity contribution is 8.00. The smallest absolute Gasteiger partial charge is 0.150 e. The van der Waals surface area contributed by atoms with Crippen molar-refractivity contribution in [1.82, 2.24) is 9.97 Å². The van der Waals surface area contributed by atoms with Crippen LogP contribution in [0.4, 0.5) is 0 Å². The van der Waals surface area contributed by atoms with Crippen LogP contribution in [0.15, 0.2) is 69.7 Å². The molecule has 0 bridgehead atoms. The molecule has 26 heavy (non-hydrogen) atoms. The van der Waals surface area contributed by atoms with Crippen LogP contribution in [-0.4, -0.2) is 9.97 Å². The zero-order valence-corrected chi connectivity index (χ0v) is 16.8. The van der Waals surface area contributed by atoms with Gasteiger partial charge in [-0.1, -0.05) is 71.9 Å². The molecule has 130 valence electrons. The van der Waals surface area contributed by atoms with Gasteiger partial charge in [-0.25, -0.2) is 9.97 Å². The lowest BCUT2D eigenvalue weighted by Crippen LogP contribution is -1.88. The number of benzene rings is 2. The van der Waals surface area contributed by atoms with Crippen molar-refractivity contribution in [3.63, 3.8) is 0 Å². The van der Waals surface area contributed by atoms with Gasteiger partial charge < -0.3 is 0 Å². The predicted molar refractivity (Wildman–Crippen MR) is 113 cm³/mol. The van der Waals surface area contributed by atoms with Gasteiger partial charge in [0.05, 0.1) is 16.4 Å². The van der Waals surface area contributed by atoms with Crippen molar-refractivity contribution in [2.45, 2.75) is 23.4 Å². The van der Waals surface area contributed by atoms with Crippen LogP contribution in [0.2, 0.25) is 0 Å². The second-order valence-electron chi connectivity index (χ2n) is 6.05. The first-order valence-corrected chi connectivity index (χ1v) is 11.1. The number of hydrogen-bond acceptors (Lipinski definition) is 5. The molecule has 4 aromatic rings. The Bertz CT molecular complexity index is 972. The number of rotatable bonds is 6. The highest BCUT2D eigenvalue weighted by Crippen LogP contribution is 2.30. The van der Waals surface area contributed by atoms with Gasteiger partial charge in [0.15, 0.2) is 4.34 Å². The molecular weight excluding hydrogens is 376 g/mol. The van der Waals surface area contributed by atoms with E-state index >= 15 is 0 Å². The average Bonchev–Trinajstić information content (AvgIpc) is 3.32. The third kappa shape index (κ3) is 4.41. The third-order valence-corrected chi connectivity index (χ3v) is 6.92. The van der Waals surface area contributed by atoms with Gasteiger partial charge in [-0.15, -0.1) is 22.7 Å². The van der Waals surface area contributed by atoms with Crippen LogP contribution in [0.25, 0.3) is 11.3 Å². The quantitative estimate of drug-likeness (QED) is 0.351. The Hall–Kier alpha value is -1.95. The lowest BCUT2D eigenvalue weighted by atomic mass is 10.1. The van der Waals surface area contributed by atoms with Crippen LogP contribution in [-0.2, 0) is 12.2 Å². The van der Waals surface area contributed by atoms with Gasteiger partial charge in [-0.3, -0.25) is 0 Å².